The molecule has 1 heterocycles. The van der Waals surface area contributed by atoms with E-state index in [1.807, 2.05) is 0 Å². The number of carboxylic acids is 1. The Labute approximate surface area is 170 Å². The smallest absolute Gasteiger partial charge is 0.326 e. The fourth-order valence-electron chi connectivity index (χ4n) is 3.12. The number of nitrogens with two attached hydrogens (primary N) is 2. The molecule has 1 aliphatic heterocycles. The second-order valence-corrected chi connectivity index (χ2v) is 7.37. The third kappa shape index (κ3) is 7.26. The van der Waals surface area contributed by atoms with Crippen LogP contribution >= 0.6 is 0 Å². The minimum absolute atomic E-state index is 0.237. The van der Waals surface area contributed by atoms with Crippen LogP contribution in [0.1, 0.15) is 46.0 Å². The number of nitrogens with zero attached hydrogens (tertiary/aromatic N) is 1. The lowest BCUT2D eigenvalue weighted by atomic mass is 10.1. The predicted molar refractivity (Wildman–Crippen MR) is 104 cm³/mol. The highest BCUT2D eigenvalue weighted by molar-refractivity contribution is 5.94. The number of hydrogen-bond acceptors (Lipinski definition) is 7. The van der Waals surface area contributed by atoms with Crippen molar-refractivity contribution in [2.75, 3.05) is 13.1 Å². The number of carboxylic acid groups (broad SMARTS) is 1. The maximum Gasteiger partial charge on any atom is 0.326 e. The molecule has 0 spiro atoms. The number of aliphatic hydroxyl groups is 1. The van der Waals surface area contributed by atoms with E-state index in [0.717, 1.165) is 0 Å². The van der Waals surface area contributed by atoms with Gasteiger partial charge in [-0.25, -0.2) is 4.79 Å². The fraction of sp³-hybridized carbons (Fsp3) is 0.778. The second-order valence-electron chi connectivity index (χ2n) is 7.37. The molecule has 1 saturated heterocycles. The van der Waals surface area contributed by atoms with Crippen LogP contribution in [0.2, 0.25) is 0 Å². The molecule has 8 N–H and O–H groups in total. The molecule has 1 aliphatic rings. The number of amides is 3. The summed E-state index contributed by atoms with van der Waals surface area (Å²) in [5.74, 6) is -2.84. The summed E-state index contributed by atoms with van der Waals surface area (Å²) in [6.45, 7) is 3.60. The van der Waals surface area contributed by atoms with Crippen molar-refractivity contribution in [3.05, 3.63) is 0 Å². The van der Waals surface area contributed by atoms with Gasteiger partial charge in [-0.05, 0) is 52.5 Å². The topological polar surface area (TPSA) is 188 Å². The summed E-state index contributed by atoms with van der Waals surface area (Å²) >= 11 is 0. The van der Waals surface area contributed by atoms with Crippen molar-refractivity contribution in [1.82, 2.24) is 15.5 Å². The van der Waals surface area contributed by atoms with Gasteiger partial charge >= 0.3 is 5.97 Å². The number of unbranched alkanes of at least 4 members (excludes halogenated alkanes) is 1. The Morgan fingerprint density at radius 2 is 1.83 bits per heavy atom. The van der Waals surface area contributed by atoms with E-state index < -0.39 is 54.0 Å². The monoisotopic (exact) mass is 415 g/mol. The molecular formula is C18H33N5O6. The lowest BCUT2D eigenvalue weighted by molar-refractivity contribution is -0.143. The Bertz CT molecular complexity index is 599. The van der Waals surface area contributed by atoms with E-state index in [4.69, 9.17) is 11.5 Å². The third-order valence-corrected chi connectivity index (χ3v) is 4.96. The molecule has 11 nitrogen and oxygen atoms in total. The molecule has 0 bridgehead atoms. The summed E-state index contributed by atoms with van der Waals surface area (Å²) in [4.78, 5) is 49.9. The van der Waals surface area contributed by atoms with Gasteiger partial charge in [0.1, 0.15) is 24.2 Å². The van der Waals surface area contributed by atoms with Gasteiger partial charge in [0.2, 0.25) is 17.7 Å². The number of hydrogen-bond donors (Lipinski definition) is 6. The standard InChI is InChI=1S/C18H33N5O6/c1-10(15(25)22-12(18(28)29)6-3-4-8-19)21-16(26)13-7-5-9-23(13)17(27)14(20)11(2)24/h10-14,24H,3-9,19-20H2,1-2H3,(H,21,26)(H,22,25)(H,28,29). The van der Waals surface area contributed by atoms with Crippen molar-refractivity contribution in [3.8, 4) is 0 Å². The second kappa shape index (κ2) is 11.7. The maximum atomic E-state index is 12.6. The molecule has 11 heteroatoms. The number of carbonyl (C=O) groups excluding carboxylic acids is 3. The molecule has 1 rings (SSSR count). The van der Waals surface area contributed by atoms with Crippen molar-refractivity contribution in [3.63, 3.8) is 0 Å². The zero-order chi connectivity index (χ0) is 22.1. The molecule has 166 valence electrons. The van der Waals surface area contributed by atoms with Crippen LogP contribution in [0.15, 0.2) is 0 Å². The molecule has 5 unspecified atom stereocenters. The lowest BCUT2D eigenvalue weighted by Crippen LogP contribution is -2.57. The predicted octanol–water partition coefficient (Wildman–Crippen LogP) is -2.11. The van der Waals surface area contributed by atoms with E-state index >= 15 is 0 Å². The van der Waals surface area contributed by atoms with Crippen LogP contribution in [0.3, 0.4) is 0 Å². The number of carbonyl (C=O) groups is 4. The summed E-state index contributed by atoms with van der Waals surface area (Å²) in [5.41, 5.74) is 11.1. The van der Waals surface area contributed by atoms with Gasteiger partial charge in [-0.15, -0.1) is 0 Å². The molecule has 3 amide bonds. The van der Waals surface area contributed by atoms with Crippen molar-refractivity contribution >= 4 is 23.7 Å². The Hall–Kier alpha value is -2.24. The van der Waals surface area contributed by atoms with Crippen molar-refractivity contribution in [2.45, 2.75) is 76.2 Å². The fourth-order valence-corrected chi connectivity index (χ4v) is 3.12. The van der Waals surface area contributed by atoms with E-state index in [1.165, 1.54) is 18.7 Å². The Morgan fingerprint density at radius 1 is 1.17 bits per heavy atom. The first-order valence-electron chi connectivity index (χ1n) is 9.87. The summed E-state index contributed by atoms with van der Waals surface area (Å²) in [5, 5.41) is 23.7. The van der Waals surface area contributed by atoms with Gasteiger partial charge in [0.25, 0.3) is 0 Å². The summed E-state index contributed by atoms with van der Waals surface area (Å²) in [6.07, 6.45) is 1.39. The van der Waals surface area contributed by atoms with E-state index in [0.29, 0.717) is 38.8 Å². The Kier molecular flexibility index (Phi) is 9.99. The highest BCUT2D eigenvalue weighted by Crippen LogP contribution is 2.19. The molecule has 0 saturated carbocycles. The minimum Gasteiger partial charge on any atom is -0.480 e. The average molecular weight is 415 g/mol. The van der Waals surface area contributed by atoms with E-state index in [2.05, 4.69) is 10.6 Å². The van der Waals surface area contributed by atoms with Gasteiger partial charge in [0.05, 0.1) is 6.10 Å². The van der Waals surface area contributed by atoms with E-state index in [-0.39, 0.29) is 6.42 Å². The molecule has 5 atom stereocenters. The van der Waals surface area contributed by atoms with Crippen LogP contribution in [0.4, 0.5) is 0 Å². The van der Waals surface area contributed by atoms with E-state index in [1.54, 1.807) is 0 Å². The highest BCUT2D eigenvalue weighted by Gasteiger charge is 2.38. The summed E-state index contributed by atoms with van der Waals surface area (Å²) in [7, 11) is 0. The van der Waals surface area contributed by atoms with Crippen molar-refractivity contribution in [2.24, 2.45) is 11.5 Å². The molecule has 0 aromatic heterocycles. The number of aliphatic hydroxyl groups excluding tert-OH is 1. The van der Waals surface area contributed by atoms with Crippen LogP contribution in [-0.4, -0.2) is 82.2 Å². The van der Waals surface area contributed by atoms with Gasteiger partial charge in [0, 0.05) is 6.54 Å². The van der Waals surface area contributed by atoms with Crippen molar-refractivity contribution in [1.29, 1.82) is 0 Å². The zero-order valence-corrected chi connectivity index (χ0v) is 17.0. The van der Waals surface area contributed by atoms with Crippen LogP contribution in [0.25, 0.3) is 0 Å². The zero-order valence-electron chi connectivity index (χ0n) is 17.0. The van der Waals surface area contributed by atoms with Gasteiger partial charge < -0.3 is 37.2 Å². The molecular weight excluding hydrogens is 382 g/mol. The number of aliphatic carboxylic acids is 1. The number of rotatable bonds is 11. The Balaban J connectivity index is 2.66. The van der Waals surface area contributed by atoms with Gasteiger partial charge in [-0.3, -0.25) is 14.4 Å². The first kappa shape index (κ1) is 24.8. The van der Waals surface area contributed by atoms with Crippen LogP contribution < -0.4 is 22.1 Å². The number of likely N-dealkylation sites (tertiary alicyclic amines) is 1. The third-order valence-electron chi connectivity index (χ3n) is 4.96. The molecule has 29 heavy (non-hydrogen) atoms. The summed E-state index contributed by atoms with van der Waals surface area (Å²) in [6, 6.07) is -3.97. The van der Waals surface area contributed by atoms with Crippen molar-refractivity contribution < 1.29 is 29.4 Å². The summed E-state index contributed by atoms with van der Waals surface area (Å²) < 4.78 is 0. The van der Waals surface area contributed by atoms with Crippen LogP contribution in [-0.2, 0) is 19.2 Å². The van der Waals surface area contributed by atoms with Crippen LogP contribution in [0, 0.1) is 0 Å². The van der Waals surface area contributed by atoms with E-state index in [9.17, 15) is 29.4 Å². The SMILES string of the molecule is CC(NC(=O)C1CCCN1C(=O)C(N)C(C)O)C(=O)NC(CCCCN)C(=O)O. The quantitative estimate of drug-likeness (QED) is 0.207. The maximum absolute atomic E-state index is 12.6. The normalized spacial score (nSPS) is 20.4. The van der Waals surface area contributed by atoms with Gasteiger partial charge in [-0.2, -0.15) is 0 Å². The average Bonchev–Trinajstić information content (AvgIpc) is 3.15. The first-order valence-corrected chi connectivity index (χ1v) is 9.87. The molecule has 0 aliphatic carbocycles. The van der Waals surface area contributed by atoms with Crippen LogP contribution in [0.5, 0.6) is 0 Å². The largest absolute Gasteiger partial charge is 0.480 e. The molecule has 0 aromatic carbocycles. The van der Waals surface area contributed by atoms with Gasteiger partial charge in [0.15, 0.2) is 0 Å². The molecule has 0 aromatic rings. The lowest BCUT2D eigenvalue weighted by Gasteiger charge is -2.28. The Morgan fingerprint density at radius 3 is 2.38 bits per heavy atom. The highest BCUT2D eigenvalue weighted by atomic mass is 16.4. The molecule has 0 radical (unpaired) electrons. The molecule has 1 fully saturated rings. The van der Waals surface area contributed by atoms with Gasteiger partial charge in [-0.1, -0.05) is 0 Å². The number of nitrogens with one attached hydrogen (secondary N) is 2. The minimum atomic E-state index is -1.16. The first-order chi connectivity index (χ1) is 13.6.